The van der Waals surface area contributed by atoms with Crippen molar-refractivity contribution in [1.29, 1.82) is 0 Å². The Bertz CT molecular complexity index is 445. The van der Waals surface area contributed by atoms with Gasteiger partial charge in [0.1, 0.15) is 6.26 Å². The molecule has 0 aliphatic rings. The normalized spacial score (nSPS) is 10.3. The molecule has 6 nitrogen and oxygen atoms in total. The minimum atomic E-state index is 0.600. The molecule has 0 aliphatic heterocycles. The van der Waals surface area contributed by atoms with Gasteiger partial charge >= 0.3 is 0 Å². The zero-order valence-corrected chi connectivity index (χ0v) is 8.90. The summed E-state index contributed by atoms with van der Waals surface area (Å²) in [4.78, 5) is 4.88. The Balaban J connectivity index is 2.15. The minimum absolute atomic E-state index is 0.600. The summed E-state index contributed by atoms with van der Waals surface area (Å²) in [5, 5.41) is 11.0. The first-order valence-electron chi connectivity index (χ1n) is 4.56. The average Bonchev–Trinajstić information content (AvgIpc) is 2.77. The van der Waals surface area contributed by atoms with E-state index in [1.165, 1.54) is 0 Å². The summed E-state index contributed by atoms with van der Waals surface area (Å²) in [6.07, 6.45) is 3.30. The van der Waals surface area contributed by atoms with Crippen LogP contribution < -0.4 is 10.2 Å². The lowest BCUT2D eigenvalue weighted by Crippen LogP contribution is -2.10. The van der Waals surface area contributed by atoms with Crippen LogP contribution in [0.25, 0.3) is 0 Å². The smallest absolute Gasteiger partial charge is 0.227 e. The Morgan fingerprint density at radius 1 is 1.33 bits per heavy atom. The van der Waals surface area contributed by atoms with Gasteiger partial charge in [-0.05, 0) is 6.92 Å². The molecule has 0 spiro atoms. The molecule has 2 aromatic heterocycles. The first-order chi connectivity index (χ1) is 7.16. The Kier molecular flexibility index (Phi) is 2.32. The van der Waals surface area contributed by atoms with Crippen molar-refractivity contribution < 1.29 is 4.42 Å². The van der Waals surface area contributed by atoms with Crippen LogP contribution in [-0.2, 0) is 0 Å². The van der Waals surface area contributed by atoms with E-state index in [4.69, 9.17) is 4.42 Å². The van der Waals surface area contributed by atoms with Gasteiger partial charge in [0.2, 0.25) is 11.9 Å². The number of H-pyrrole nitrogens is 1. The van der Waals surface area contributed by atoms with E-state index in [-0.39, 0.29) is 0 Å². The number of nitrogens with one attached hydrogen (secondary N) is 2. The van der Waals surface area contributed by atoms with E-state index in [1.807, 2.05) is 25.9 Å². The lowest BCUT2D eigenvalue weighted by molar-refractivity contribution is 0.566. The van der Waals surface area contributed by atoms with Gasteiger partial charge in [0.05, 0.1) is 12.0 Å². The monoisotopic (exact) mass is 207 g/mol. The van der Waals surface area contributed by atoms with Gasteiger partial charge in [-0.2, -0.15) is 0 Å². The SMILES string of the molecule is Cc1cocc1Nc1nnc(N(C)C)[nH]1. The standard InChI is InChI=1S/C9H13N5O/c1-6-4-15-5-7(6)10-8-11-9(13-12-8)14(2)3/h4-5H,1-3H3,(H2,10,11,12,13). The first kappa shape index (κ1) is 9.57. The maximum atomic E-state index is 5.04. The Labute approximate surface area is 87.3 Å². The molecule has 2 heterocycles. The molecule has 0 unspecified atom stereocenters. The van der Waals surface area contributed by atoms with Gasteiger partial charge < -0.3 is 14.6 Å². The van der Waals surface area contributed by atoms with Crippen LogP contribution in [0.1, 0.15) is 5.56 Å². The van der Waals surface area contributed by atoms with Crippen LogP contribution >= 0.6 is 0 Å². The molecule has 0 atom stereocenters. The number of aromatic amines is 1. The zero-order chi connectivity index (χ0) is 10.8. The van der Waals surface area contributed by atoms with Gasteiger partial charge in [-0.3, -0.25) is 4.98 Å². The van der Waals surface area contributed by atoms with Crippen molar-refractivity contribution in [2.75, 3.05) is 24.3 Å². The molecule has 0 aromatic carbocycles. The molecule has 0 fully saturated rings. The van der Waals surface area contributed by atoms with Crippen LogP contribution in [0.15, 0.2) is 16.9 Å². The summed E-state index contributed by atoms with van der Waals surface area (Å²) < 4.78 is 5.04. The lowest BCUT2D eigenvalue weighted by atomic mass is 10.3. The van der Waals surface area contributed by atoms with E-state index in [2.05, 4.69) is 20.5 Å². The predicted molar refractivity (Wildman–Crippen MR) is 57.4 cm³/mol. The molecule has 2 aromatic rings. The fourth-order valence-electron chi connectivity index (χ4n) is 1.13. The average molecular weight is 207 g/mol. The van der Waals surface area contributed by atoms with E-state index >= 15 is 0 Å². The minimum Gasteiger partial charge on any atom is -0.470 e. The third kappa shape index (κ3) is 1.93. The molecule has 0 aliphatic carbocycles. The van der Waals surface area contributed by atoms with Gasteiger partial charge in [-0.15, -0.1) is 10.2 Å². The largest absolute Gasteiger partial charge is 0.470 e. The van der Waals surface area contributed by atoms with Crippen LogP contribution in [0.3, 0.4) is 0 Å². The highest BCUT2D eigenvalue weighted by molar-refractivity contribution is 5.56. The summed E-state index contributed by atoms with van der Waals surface area (Å²) in [6.45, 7) is 1.95. The van der Waals surface area contributed by atoms with E-state index in [0.717, 1.165) is 11.3 Å². The van der Waals surface area contributed by atoms with Crippen molar-refractivity contribution in [3.63, 3.8) is 0 Å². The van der Waals surface area contributed by atoms with Crippen molar-refractivity contribution in [2.24, 2.45) is 0 Å². The van der Waals surface area contributed by atoms with Crippen molar-refractivity contribution in [2.45, 2.75) is 6.92 Å². The van der Waals surface area contributed by atoms with Crippen LogP contribution in [-0.4, -0.2) is 29.3 Å². The van der Waals surface area contributed by atoms with E-state index in [0.29, 0.717) is 11.9 Å². The number of hydrogen-bond donors (Lipinski definition) is 2. The summed E-state index contributed by atoms with van der Waals surface area (Å²) in [6, 6.07) is 0. The van der Waals surface area contributed by atoms with Gasteiger partial charge in [0, 0.05) is 19.7 Å². The van der Waals surface area contributed by atoms with Crippen LogP contribution in [0.4, 0.5) is 17.6 Å². The molecule has 0 amide bonds. The second-order valence-electron chi connectivity index (χ2n) is 3.49. The third-order valence-corrected chi connectivity index (χ3v) is 2.01. The molecule has 6 heteroatoms. The highest BCUT2D eigenvalue weighted by atomic mass is 16.3. The summed E-state index contributed by atoms with van der Waals surface area (Å²) >= 11 is 0. The summed E-state index contributed by atoms with van der Waals surface area (Å²) in [5.74, 6) is 1.31. The molecule has 2 N–H and O–H groups in total. The molecule has 80 valence electrons. The Morgan fingerprint density at radius 2 is 2.13 bits per heavy atom. The Morgan fingerprint density at radius 3 is 2.67 bits per heavy atom. The lowest BCUT2D eigenvalue weighted by Gasteiger charge is -2.05. The molecule has 0 radical (unpaired) electrons. The van der Waals surface area contributed by atoms with Gasteiger partial charge in [0.25, 0.3) is 0 Å². The third-order valence-electron chi connectivity index (χ3n) is 2.01. The van der Waals surface area contributed by atoms with Gasteiger partial charge in [-0.25, -0.2) is 0 Å². The van der Waals surface area contributed by atoms with Crippen molar-refractivity contribution in [3.05, 3.63) is 18.1 Å². The maximum absolute atomic E-state index is 5.04. The van der Waals surface area contributed by atoms with Gasteiger partial charge in [-0.1, -0.05) is 0 Å². The van der Waals surface area contributed by atoms with Crippen LogP contribution in [0.2, 0.25) is 0 Å². The number of aryl methyl sites for hydroxylation is 1. The summed E-state index contributed by atoms with van der Waals surface area (Å²) in [5.41, 5.74) is 1.91. The number of nitrogens with zero attached hydrogens (tertiary/aromatic N) is 3. The number of anilines is 3. The molecular weight excluding hydrogens is 194 g/mol. The number of rotatable bonds is 3. The van der Waals surface area contributed by atoms with E-state index in [1.54, 1.807) is 12.5 Å². The topological polar surface area (TPSA) is 70.0 Å². The molecule has 0 bridgehead atoms. The number of furan rings is 1. The highest BCUT2D eigenvalue weighted by Gasteiger charge is 2.06. The molecule has 0 saturated carbocycles. The summed E-state index contributed by atoms with van der Waals surface area (Å²) in [7, 11) is 3.79. The van der Waals surface area contributed by atoms with Crippen molar-refractivity contribution in [1.82, 2.24) is 15.2 Å². The van der Waals surface area contributed by atoms with Crippen molar-refractivity contribution in [3.8, 4) is 0 Å². The predicted octanol–water partition coefficient (Wildman–Crippen LogP) is 1.52. The van der Waals surface area contributed by atoms with Crippen LogP contribution in [0, 0.1) is 6.92 Å². The van der Waals surface area contributed by atoms with Crippen molar-refractivity contribution >= 4 is 17.6 Å². The highest BCUT2D eigenvalue weighted by Crippen LogP contribution is 2.19. The number of hydrogen-bond acceptors (Lipinski definition) is 5. The molecule has 15 heavy (non-hydrogen) atoms. The zero-order valence-electron chi connectivity index (χ0n) is 8.90. The van der Waals surface area contributed by atoms with E-state index < -0.39 is 0 Å². The fraction of sp³-hybridized carbons (Fsp3) is 0.333. The van der Waals surface area contributed by atoms with E-state index in [9.17, 15) is 0 Å². The first-order valence-corrected chi connectivity index (χ1v) is 4.56. The quantitative estimate of drug-likeness (QED) is 0.798. The molecule has 2 rings (SSSR count). The second-order valence-corrected chi connectivity index (χ2v) is 3.49. The van der Waals surface area contributed by atoms with Gasteiger partial charge in [0.15, 0.2) is 0 Å². The number of aromatic nitrogens is 3. The fourth-order valence-corrected chi connectivity index (χ4v) is 1.13. The second kappa shape index (κ2) is 3.64. The maximum Gasteiger partial charge on any atom is 0.227 e. The van der Waals surface area contributed by atoms with Crippen LogP contribution in [0.5, 0.6) is 0 Å². The molecular formula is C9H13N5O. The Hall–Kier alpha value is -1.98. The molecule has 0 saturated heterocycles.